The first kappa shape index (κ1) is 18.6. The molecule has 1 aromatic rings. The van der Waals surface area contributed by atoms with Crippen molar-refractivity contribution in [2.24, 2.45) is 22.7 Å². The third kappa shape index (κ3) is 3.16. The van der Waals surface area contributed by atoms with Gasteiger partial charge in [0.1, 0.15) is 11.5 Å². The van der Waals surface area contributed by atoms with Gasteiger partial charge in [0.2, 0.25) is 0 Å². The predicted octanol–water partition coefficient (Wildman–Crippen LogP) is 4.85. The smallest absolute Gasteiger partial charge is 0.122 e. The van der Waals surface area contributed by atoms with E-state index in [0.717, 1.165) is 37.2 Å². The number of rotatable bonds is 4. The lowest BCUT2D eigenvalue weighted by Gasteiger charge is -2.59. The normalized spacial score (nSPS) is 38.1. The van der Waals surface area contributed by atoms with Gasteiger partial charge in [-0.2, -0.15) is 0 Å². The number of benzene rings is 1. The van der Waals surface area contributed by atoms with Crippen LogP contribution in [0.4, 0.5) is 0 Å². The highest BCUT2D eigenvalue weighted by atomic mass is 16.5. The van der Waals surface area contributed by atoms with Gasteiger partial charge in [-0.25, -0.2) is 0 Å². The summed E-state index contributed by atoms with van der Waals surface area (Å²) in [6.07, 6.45) is 6.54. The van der Waals surface area contributed by atoms with Gasteiger partial charge in [0.05, 0.1) is 20.3 Å². The molecular formula is C22H34O3. The first-order valence-corrected chi connectivity index (χ1v) is 9.73. The molecule has 3 heteroatoms. The molecule has 1 aromatic carbocycles. The van der Waals surface area contributed by atoms with E-state index < -0.39 is 0 Å². The van der Waals surface area contributed by atoms with E-state index >= 15 is 0 Å². The van der Waals surface area contributed by atoms with E-state index in [0.29, 0.717) is 11.8 Å². The van der Waals surface area contributed by atoms with Crippen LogP contribution in [-0.4, -0.2) is 25.4 Å². The molecule has 0 spiro atoms. The van der Waals surface area contributed by atoms with Crippen LogP contribution in [-0.2, 0) is 6.42 Å². The summed E-state index contributed by atoms with van der Waals surface area (Å²) < 4.78 is 10.9. The van der Waals surface area contributed by atoms with E-state index in [1.165, 1.54) is 18.4 Å². The van der Waals surface area contributed by atoms with Crippen molar-refractivity contribution in [2.45, 2.75) is 65.4 Å². The lowest BCUT2D eigenvalue weighted by Crippen LogP contribution is -2.55. The standard InChI is InChI=1S/C22H34O3/c1-15-9-10-21(2)19(7-6-8-20(21)23)22(15,3)14-16-11-17(24-4)13-18(12-16)25-5/h11-13,15,19-20,23H,6-10,14H2,1-5H3/t15-,19+,20-,21-,22+/m0/s1. The van der Waals surface area contributed by atoms with Crippen LogP contribution < -0.4 is 9.47 Å². The summed E-state index contributed by atoms with van der Waals surface area (Å²) in [5.74, 6) is 2.92. The summed E-state index contributed by atoms with van der Waals surface area (Å²) in [7, 11) is 3.41. The topological polar surface area (TPSA) is 38.7 Å². The summed E-state index contributed by atoms with van der Waals surface area (Å²) >= 11 is 0. The zero-order valence-electron chi connectivity index (χ0n) is 16.5. The molecule has 0 aliphatic heterocycles. The SMILES string of the molecule is COc1cc(C[C@@]2(C)[C@@H]3CCC[C@H](O)[C@@]3(C)CC[C@@H]2C)cc(OC)c1. The third-order valence-corrected chi connectivity index (χ3v) is 7.56. The van der Waals surface area contributed by atoms with Crippen LogP contribution in [0.15, 0.2) is 18.2 Å². The van der Waals surface area contributed by atoms with Crippen molar-refractivity contribution in [3.63, 3.8) is 0 Å². The van der Waals surface area contributed by atoms with Crippen LogP contribution in [0.3, 0.4) is 0 Å². The molecule has 0 bridgehead atoms. The second-order valence-corrected chi connectivity index (χ2v) is 8.85. The predicted molar refractivity (Wildman–Crippen MR) is 101 cm³/mol. The highest BCUT2D eigenvalue weighted by Gasteiger charge is 2.55. The highest BCUT2D eigenvalue weighted by molar-refractivity contribution is 5.39. The molecule has 2 fully saturated rings. The molecule has 2 aliphatic rings. The van der Waals surface area contributed by atoms with Gasteiger partial charge < -0.3 is 14.6 Å². The van der Waals surface area contributed by atoms with E-state index in [4.69, 9.17) is 9.47 Å². The molecule has 0 amide bonds. The Morgan fingerprint density at radius 1 is 1.04 bits per heavy atom. The molecule has 25 heavy (non-hydrogen) atoms. The largest absolute Gasteiger partial charge is 0.497 e. The molecule has 0 unspecified atom stereocenters. The Balaban J connectivity index is 1.96. The fourth-order valence-corrected chi connectivity index (χ4v) is 5.74. The van der Waals surface area contributed by atoms with Gasteiger partial charge in [0.15, 0.2) is 0 Å². The fraction of sp³-hybridized carbons (Fsp3) is 0.727. The van der Waals surface area contributed by atoms with Crippen molar-refractivity contribution in [1.82, 2.24) is 0 Å². The second kappa shape index (κ2) is 6.83. The zero-order valence-corrected chi connectivity index (χ0v) is 16.5. The van der Waals surface area contributed by atoms with Gasteiger partial charge in [0.25, 0.3) is 0 Å². The van der Waals surface area contributed by atoms with Crippen molar-refractivity contribution >= 4 is 0 Å². The van der Waals surface area contributed by atoms with Crippen LogP contribution in [0.1, 0.15) is 58.4 Å². The molecule has 3 rings (SSSR count). The first-order valence-electron chi connectivity index (χ1n) is 9.73. The minimum Gasteiger partial charge on any atom is -0.497 e. The average Bonchev–Trinajstić information content (AvgIpc) is 2.60. The van der Waals surface area contributed by atoms with E-state index in [1.54, 1.807) is 14.2 Å². The fourth-order valence-electron chi connectivity index (χ4n) is 5.74. The van der Waals surface area contributed by atoms with Gasteiger partial charge in [-0.3, -0.25) is 0 Å². The van der Waals surface area contributed by atoms with Crippen LogP contribution in [0.25, 0.3) is 0 Å². The molecule has 1 N–H and O–H groups in total. The van der Waals surface area contributed by atoms with Crippen LogP contribution >= 0.6 is 0 Å². The van der Waals surface area contributed by atoms with Crippen molar-refractivity contribution < 1.29 is 14.6 Å². The number of aliphatic hydroxyl groups excluding tert-OH is 1. The van der Waals surface area contributed by atoms with E-state index in [-0.39, 0.29) is 16.9 Å². The summed E-state index contributed by atoms with van der Waals surface area (Å²) in [5.41, 5.74) is 1.52. The number of methoxy groups -OCH3 is 2. The maximum absolute atomic E-state index is 10.8. The summed E-state index contributed by atoms with van der Waals surface area (Å²) in [4.78, 5) is 0. The Morgan fingerprint density at radius 2 is 1.68 bits per heavy atom. The Bertz CT molecular complexity index is 591. The average molecular weight is 347 g/mol. The molecule has 0 radical (unpaired) electrons. The minimum atomic E-state index is -0.155. The van der Waals surface area contributed by atoms with Crippen molar-refractivity contribution in [1.29, 1.82) is 0 Å². The molecule has 0 heterocycles. The summed E-state index contributed by atoms with van der Waals surface area (Å²) in [6.45, 7) is 7.18. The van der Waals surface area contributed by atoms with Crippen LogP contribution in [0.5, 0.6) is 11.5 Å². The van der Waals surface area contributed by atoms with E-state index in [1.807, 2.05) is 6.07 Å². The molecule has 5 atom stereocenters. The maximum Gasteiger partial charge on any atom is 0.122 e. The number of aliphatic hydroxyl groups is 1. The molecule has 0 aromatic heterocycles. The molecule has 2 aliphatic carbocycles. The Labute approximate surface area is 152 Å². The van der Waals surface area contributed by atoms with Crippen LogP contribution in [0.2, 0.25) is 0 Å². The monoisotopic (exact) mass is 346 g/mol. The zero-order chi connectivity index (χ0) is 18.2. The minimum absolute atomic E-state index is 0.0580. The maximum atomic E-state index is 10.8. The lowest BCUT2D eigenvalue weighted by molar-refractivity contribution is -0.139. The van der Waals surface area contributed by atoms with Crippen LogP contribution in [0, 0.1) is 22.7 Å². The molecule has 3 nitrogen and oxygen atoms in total. The van der Waals surface area contributed by atoms with Gasteiger partial charge in [-0.15, -0.1) is 0 Å². The molecule has 140 valence electrons. The third-order valence-electron chi connectivity index (χ3n) is 7.56. The van der Waals surface area contributed by atoms with Gasteiger partial charge in [-0.05, 0) is 72.5 Å². The molecular weight excluding hydrogens is 312 g/mol. The molecule has 0 saturated heterocycles. The van der Waals surface area contributed by atoms with Gasteiger partial charge in [-0.1, -0.05) is 27.2 Å². The number of hydrogen-bond donors (Lipinski definition) is 1. The highest BCUT2D eigenvalue weighted by Crippen LogP contribution is 2.60. The first-order chi connectivity index (χ1) is 11.8. The van der Waals surface area contributed by atoms with Crippen molar-refractivity contribution in [3.05, 3.63) is 23.8 Å². The van der Waals surface area contributed by atoms with Gasteiger partial charge >= 0.3 is 0 Å². The van der Waals surface area contributed by atoms with Crippen molar-refractivity contribution in [3.8, 4) is 11.5 Å². The van der Waals surface area contributed by atoms with E-state index in [2.05, 4.69) is 32.9 Å². The van der Waals surface area contributed by atoms with Crippen molar-refractivity contribution in [2.75, 3.05) is 14.2 Å². The summed E-state index contributed by atoms with van der Waals surface area (Å²) in [5, 5.41) is 10.8. The Morgan fingerprint density at radius 3 is 2.28 bits per heavy atom. The Hall–Kier alpha value is -1.22. The molecule has 2 saturated carbocycles. The Kier molecular flexibility index (Phi) is 5.07. The number of ether oxygens (including phenoxy) is 2. The second-order valence-electron chi connectivity index (χ2n) is 8.85. The quantitative estimate of drug-likeness (QED) is 0.847. The summed E-state index contributed by atoms with van der Waals surface area (Å²) in [6, 6.07) is 6.22. The van der Waals surface area contributed by atoms with Gasteiger partial charge in [0, 0.05) is 6.07 Å². The number of hydrogen-bond acceptors (Lipinski definition) is 3. The number of fused-ring (bicyclic) bond motifs is 1. The van der Waals surface area contributed by atoms with E-state index in [9.17, 15) is 5.11 Å². The lowest BCUT2D eigenvalue weighted by atomic mass is 9.46.